The number of amides is 1. The van der Waals surface area contributed by atoms with Gasteiger partial charge in [0.25, 0.3) is 5.91 Å². The third-order valence-electron chi connectivity index (χ3n) is 4.43. The molecule has 2 aliphatic carbocycles. The van der Waals surface area contributed by atoms with E-state index in [-0.39, 0.29) is 11.5 Å². The maximum absolute atomic E-state index is 13.8. The van der Waals surface area contributed by atoms with E-state index in [4.69, 9.17) is 0 Å². The summed E-state index contributed by atoms with van der Waals surface area (Å²) in [5, 5.41) is 0. The van der Waals surface area contributed by atoms with Gasteiger partial charge in [-0.05, 0) is 37.7 Å². The molecule has 2 fully saturated rings. The zero-order valence-corrected chi connectivity index (χ0v) is 11.7. The molecule has 2 aliphatic rings. The Kier molecular flexibility index (Phi) is 3.99. The molecule has 0 bridgehead atoms. The molecule has 0 atom stereocenters. The predicted molar refractivity (Wildman–Crippen MR) is 74.8 cm³/mol. The highest BCUT2D eigenvalue weighted by atomic mass is 19.1. The maximum Gasteiger partial charge on any atom is 0.257 e. The lowest BCUT2D eigenvalue weighted by molar-refractivity contribution is 0.0694. The van der Waals surface area contributed by atoms with Crippen molar-refractivity contribution in [2.24, 2.45) is 5.92 Å². The van der Waals surface area contributed by atoms with Crippen molar-refractivity contribution >= 4 is 5.91 Å². The number of hydrogen-bond acceptors (Lipinski definition) is 2. The van der Waals surface area contributed by atoms with E-state index in [1.165, 1.54) is 44.4 Å². The highest BCUT2D eigenvalue weighted by molar-refractivity contribution is 5.94. The number of carbonyl (C=O) groups excluding carboxylic acids is 1. The molecule has 0 radical (unpaired) electrons. The van der Waals surface area contributed by atoms with E-state index in [9.17, 15) is 9.18 Å². The van der Waals surface area contributed by atoms with Gasteiger partial charge >= 0.3 is 0 Å². The van der Waals surface area contributed by atoms with Gasteiger partial charge in [0, 0.05) is 18.8 Å². The third-order valence-corrected chi connectivity index (χ3v) is 4.43. The Morgan fingerprint density at radius 2 is 2.00 bits per heavy atom. The fourth-order valence-electron chi connectivity index (χ4n) is 3.14. The minimum Gasteiger partial charge on any atom is -0.335 e. The fraction of sp³-hybridized carbons (Fsp3) is 0.625. The third kappa shape index (κ3) is 3.00. The van der Waals surface area contributed by atoms with Gasteiger partial charge in [-0.15, -0.1) is 0 Å². The highest BCUT2D eigenvalue weighted by Gasteiger charge is 2.35. The first kappa shape index (κ1) is 13.5. The standard InChI is InChI=1S/C16H21FN2O/c17-15-10-18-9-8-14(15)16(20)19(13-6-7-13)11-12-4-2-1-3-5-12/h8-10,12-13H,1-7,11H2. The summed E-state index contributed by atoms with van der Waals surface area (Å²) in [5.41, 5.74) is 0.169. The molecule has 1 heterocycles. The summed E-state index contributed by atoms with van der Waals surface area (Å²) in [4.78, 5) is 18.2. The van der Waals surface area contributed by atoms with E-state index >= 15 is 0 Å². The van der Waals surface area contributed by atoms with Crippen molar-refractivity contribution in [2.45, 2.75) is 51.0 Å². The van der Waals surface area contributed by atoms with Gasteiger partial charge in [0.1, 0.15) is 0 Å². The molecule has 4 heteroatoms. The molecule has 3 nitrogen and oxygen atoms in total. The van der Waals surface area contributed by atoms with Crippen LogP contribution in [0, 0.1) is 11.7 Å². The summed E-state index contributed by atoms with van der Waals surface area (Å²) in [6, 6.07) is 1.82. The molecule has 1 aromatic rings. The number of aromatic nitrogens is 1. The molecular weight excluding hydrogens is 255 g/mol. The van der Waals surface area contributed by atoms with Gasteiger partial charge in [-0.25, -0.2) is 4.39 Å². The average molecular weight is 276 g/mol. The van der Waals surface area contributed by atoms with Crippen LogP contribution in [-0.4, -0.2) is 28.4 Å². The van der Waals surface area contributed by atoms with Gasteiger partial charge < -0.3 is 4.90 Å². The molecule has 2 saturated carbocycles. The van der Waals surface area contributed by atoms with Gasteiger partial charge in [0.2, 0.25) is 0 Å². The molecule has 108 valence electrons. The van der Waals surface area contributed by atoms with Gasteiger partial charge in [-0.2, -0.15) is 0 Å². The van der Waals surface area contributed by atoms with Crippen molar-refractivity contribution in [3.8, 4) is 0 Å². The van der Waals surface area contributed by atoms with Crippen molar-refractivity contribution in [3.05, 3.63) is 29.8 Å². The Balaban J connectivity index is 1.73. The number of halogens is 1. The van der Waals surface area contributed by atoms with E-state index in [2.05, 4.69) is 4.98 Å². The van der Waals surface area contributed by atoms with Crippen LogP contribution in [-0.2, 0) is 0 Å². The zero-order chi connectivity index (χ0) is 13.9. The summed E-state index contributed by atoms with van der Waals surface area (Å²) in [6.45, 7) is 0.797. The van der Waals surface area contributed by atoms with Crippen LogP contribution in [0.4, 0.5) is 4.39 Å². The van der Waals surface area contributed by atoms with Crippen LogP contribution in [0.1, 0.15) is 55.3 Å². The minimum absolute atomic E-state index is 0.155. The van der Waals surface area contributed by atoms with E-state index in [1.54, 1.807) is 0 Å². The second-order valence-electron chi connectivity index (χ2n) is 6.05. The van der Waals surface area contributed by atoms with Crippen molar-refractivity contribution in [3.63, 3.8) is 0 Å². The molecule has 0 saturated heterocycles. The smallest absolute Gasteiger partial charge is 0.257 e. The molecule has 0 spiro atoms. The number of rotatable bonds is 4. The Bertz CT molecular complexity index is 481. The van der Waals surface area contributed by atoms with Crippen molar-refractivity contribution in [1.29, 1.82) is 0 Å². The summed E-state index contributed by atoms with van der Waals surface area (Å²) in [5.74, 6) is -0.0667. The molecule has 0 unspecified atom stereocenters. The number of hydrogen-bond donors (Lipinski definition) is 0. The first-order chi connectivity index (χ1) is 9.75. The second kappa shape index (κ2) is 5.90. The predicted octanol–water partition coefficient (Wildman–Crippen LogP) is 3.41. The van der Waals surface area contributed by atoms with Crippen molar-refractivity contribution in [2.75, 3.05) is 6.54 Å². The highest BCUT2D eigenvalue weighted by Crippen LogP contribution is 2.32. The summed E-state index contributed by atoms with van der Waals surface area (Å²) in [6.07, 6.45) is 11.0. The lowest BCUT2D eigenvalue weighted by atomic mass is 9.89. The topological polar surface area (TPSA) is 33.2 Å². The molecule has 1 aromatic heterocycles. The van der Waals surface area contributed by atoms with Crippen LogP contribution < -0.4 is 0 Å². The molecule has 0 N–H and O–H groups in total. The number of nitrogens with zero attached hydrogens (tertiary/aromatic N) is 2. The van der Waals surface area contributed by atoms with Crippen LogP contribution in [0.15, 0.2) is 18.5 Å². The SMILES string of the molecule is O=C(c1ccncc1F)N(CC1CCCCC1)C1CC1. The molecule has 1 amide bonds. The normalized spacial score (nSPS) is 19.9. The van der Waals surface area contributed by atoms with Crippen LogP contribution in [0.5, 0.6) is 0 Å². The summed E-state index contributed by atoms with van der Waals surface area (Å²) < 4.78 is 13.8. The van der Waals surface area contributed by atoms with E-state index in [1.807, 2.05) is 4.90 Å². The monoisotopic (exact) mass is 276 g/mol. The van der Waals surface area contributed by atoms with Gasteiger partial charge in [-0.3, -0.25) is 9.78 Å². The van der Waals surface area contributed by atoms with Gasteiger partial charge in [0.15, 0.2) is 5.82 Å². The molecular formula is C16H21FN2O. The van der Waals surface area contributed by atoms with Crippen molar-refractivity contribution < 1.29 is 9.18 Å². The van der Waals surface area contributed by atoms with Crippen LogP contribution in [0.2, 0.25) is 0 Å². The maximum atomic E-state index is 13.8. The molecule has 0 aliphatic heterocycles. The van der Waals surface area contributed by atoms with Crippen molar-refractivity contribution in [1.82, 2.24) is 9.88 Å². The van der Waals surface area contributed by atoms with Crippen LogP contribution in [0.25, 0.3) is 0 Å². The molecule has 3 rings (SSSR count). The van der Waals surface area contributed by atoms with Crippen LogP contribution >= 0.6 is 0 Å². The minimum atomic E-state index is -0.508. The van der Waals surface area contributed by atoms with Gasteiger partial charge in [0.05, 0.1) is 11.8 Å². The number of carbonyl (C=O) groups is 1. The first-order valence-electron chi connectivity index (χ1n) is 7.66. The zero-order valence-electron chi connectivity index (χ0n) is 11.7. The molecule has 20 heavy (non-hydrogen) atoms. The van der Waals surface area contributed by atoms with E-state index in [0.717, 1.165) is 25.6 Å². The lowest BCUT2D eigenvalue weighted by Crippen LogP contribution is -2.38. The largest absolute Gasteiger partial charge is 0.335 e. The number of pyridine rings is 1. The van der Waals surface area contributed by atoms with E-state index < -0.39 is 5.82 Å². The lowest BCUT2D eigenvalue weighted by Gasteiger charge is -2.30. The van der Waals surface area contributed by atoms with E-state index in [0.29, 0.717) is 12.0 Å². The average Bonchev–Trinajstić information content (AvgIpc) is 3.30. The first-order valence-corrected chi connectivity index (χ1v) is 7.66. The van der Waals surface area contributed by atoms with Gasteiger partial charge in [-0.1, -0.05) is 19.3 Å². The Hall–Kier alpha value is -1.45. The Labute approximate surface area is 119 Å². The fourth-order valence-corrected chi connectivity index (χ4v) is 3.14. The molecule has 0 aromatic carbocycles. The Morgan fingerprint density at radius 1 is 1.25 bits per heavy atom. The summed E-state index contributed by atoms with van der Waals surface area (Å²) >= 11 is 0. The Morgan fingerprint density at radius 3 is 2.65 bits per heavy atom. The second-order valence-corrected chi connectivity index (χ2v) is 6.05. The van der Waals surface area contributed by atoms with Crippen LogP contribution in [0.3, 0.4) is 0 Å². The quantitative estimate of drug-likeness (QED) is 0.844. The summed E-state index contributed by atoms with van der Waals surface area (Å²) in [7, 11) is 0.